The van der Waals surface area contributed by atoms with Crippen LogP contribution in [0.15, 0.2) is 24.3 Å². The van der Waals surface area contributed by atoms with E-state index in [1.807, 2.05) is 18.2 Å². The molecule has 4 nitrogen and oxygen atoms in total. The lowest BCUT2D eigenvalue weighted by Crippen LogP contribution is -2.52. The third-order valence-electron chi connectivity index (χ3n) is 6.17. The van der Waals surface area contributed by atoms with Gasteiger partial charge >= 0.3 is 5.97 Å². The summed E-state index contributed by atoms with van der Waals surface area (Å²) in [5.74, 6) is 0.468. The number of carbonyl (C=O) groups excluding carboxylic acids is 1. The molecule has 1 saturated carbocycles. The number of ether oxygens (including phenoxy) is 1. The van der Waals surface area contributed by atoms with E-state index < -0.39 is 12.1 Å². The summed E-state index contributed by atoms with van der Waals surface area (Å²) in [5, 5.41) is 10.6. The van der Waals surface area contributed by atoms with Gasteiger partial charge in [0.2, 0.25) is 0 Å². The predicted molar refractivity (Wildman–Crippen MR) is 91.7 cm³/mol. The Balaban J connectivity index is 1.47. The van der Waals surface area contributed by atoms with Gasteiger partial charge in [-0.1, -0.05) is 37.1 Å². The molecular weight excluding hydrogens is 302 g/mol. The van der Waals surface area contributed by atoms with Crippen LogP contribution >= 0.6 is 0 Å². The maximum Gasteiger partial charge on any atom is 0.339 e. The van der Waals surface area contributed by atoms with Crippen LogP contribution in [0.1, 0.15) is 61.7 Å². The minimum Gasteiger partial charge on any atom is -0.459 e. The Bertz CT molecular complexity index is 588. The quantitative estimate of drug-likeness (QED) is 0.863. The molecule has 4 heteroatoms. The van der Waals surface area contributed by atoms with Crippen LogP contribution in [0.25, 0.3) is 0 Å². The monoisotopic (exact) mass is 329 g/mol. The van der Waals surface area contributed by atoms with Crippen LogP contribution in [0, 0.1) is 5.92 Å². The summed E-state index contributed by atoms with van der Waals surface area (Å²) < 4.78 is 5.73. The lowest BCUT2D eigenvalue weighted by atomic mass is 9.85. The molecule has 0 spiro atoms. The van der Waals surface area contributed by atoms with E-state index >= 15 is 0 Å². The van der Waals surface area contributed by atoms with Gasteiger partial charge in [0.1, 0.15) is 6.10 Å². The van der Waals surface area contributed by atoms with Gasteiger partial charge in [0.05, 0.1) is 0 Å². The highest BCUT2D eigenvalue weighted by molar-refractivity contribution is 5.77. The number of aliphatic hydroxyl groups is 1. The summed E-state index contributed by atoms with van der Waals surface area (Å²) in [6.45, 7) is 3.06. The third-order valence-corrected chi connectivity index (χ3v) is 6.17. The Kier molecular flexibility index (Phi) is 4.59. The van der Waals surface area contributed by atoms with Crippen molar-refractivity contribution in [2.45, 2.75) is 56.7 Å². The van der Waals surface area contributed by atoms with Gasteiger partial charge < -0.3 is 9.84 Å². The van der Waals surface area contributed by atoms with Gasteiger partial charge in [0.15, 0.2) is 6.10 Å². The second-order valence-electron chi connectivity index (χ2n) is 7.63. The van der Waals surface area contributed by atoms with Crippen molar-refractivity contribution in [3.63, 3.8) is 0 Å². The molecule has 2 atom stereocenters. The first-order valence-electron chi connectivity index (χ1n) is 9.42. The predicted octanol–water partition coefficient (Wildman–Crippen LogP) is 3.02. The fourth-order valence-electron chi connectivity index (χ4n) is 4.75. The fourth-order valence-corrected chi connectivity index (χ4v) is 4.75. The molecule has 2 bridgehead atoms. The second-order valence-corrected chi connectivity index (χ2v) is 7.63. The average molecular weight is 329 g/mol. The molecular formula is C20H27NO3. The Labute approximate surface area is 143 Å². The lowest BCUT2D eigenvalue weighted by molar-refractivity contribution is -0.169. The molecule has 2 unspecified atom stereocenters. The summed E-state index contributed by atoms with van der Waals surface area (Å²) in [4.78, 5) is 14.9. The number of hydrogen-bond donors (Lipinski definition) is 1. The van der Waals surface area contributed by atoms with Crippen molar-refractivity contribution in [1.29, 1.82) is 0 Å². The van der Waals surface area contributed by atoms with Crippen molar-refractivity contribution < 1.29 is 14.6 Å². The molecule has 0 radical (unpaired) electrons. The first-order chi connectivity index (χ1) is 11.7. The Morgan fingerprint density at radius 1 is 1.12 bits per heavy atom. The Morgan fingerprint density at radius 3 is 2.50 bits per heavy atom. The highest BCUT2D eigenvalue weighted by Crippen LogP contribution is 2.38. The number of nitrogens with zero attached hydrogens (tertiary/aromatic N) is 1. The Hall–Kier alpha value is -1.39. The van der Waals surface area contributed by atoms with Crippen LogP contribution in [0.4, 0.5) is 0 Å². The molecule has 1 N–H and O–H groups in total. The highest BCUT2D eigenvalue weighted by Gasteiger charge is 2.38. The second kappa shape index (κ2) is 6.85. The molecule has 0 amide bonds. The van der Waals surface area contributed by atoms with Crippen LogP contribution < -0.4 is 0 Å². The Morgan fingerprint density at radius 2 is 1.83 bits per heavy atom. The zero-order valence-corrected chi connectivity index (χ0v) is 14.2. The smallest absolute Gasteiger partial charge is 0.339 e. The third kappa shape index (κ3) is 3.09. The molecule has 130 valence electrons. The van der Waals surface area contributed by atoms with E-state index in [0.29, 0.717) is 11.8 Å². The van der Waals surface area contributed by atoms with E-state index in [2.05, 4.69) is 11.0 Å². The molecule has 1 aromatic rings. The summed E-state index contributed by atoms with van der Waals surface area (Å²) >= 11 is 0. The normalized spacial score (nSPS) is 31.1. The average Bonchev–Trinajstić information content (AvgIpc) is 3.16. The maximum absolute atomic E-state index is 12.6. The maximum atomic E-state index is 12.6. The number of fused-ring (bicyclic) bond motifs is 3. The van der Waals surface area contributed by atoms with Crippen LogP contribution in [0.3, 0.4) is 0 Å². The zero-order chi connectivity index (χ0) is 16.5. The van der Waals surface area contributed by atoms with E-state index in [4.69, 9.17) is 4.74 Å². The summed E-state index contributed by atoms with van der Waals surface area (Å²) in [6.07, 6.45) is 5.78. The van der Waals surface area contributed by atoms with Crippen molar-refractivity contribution in [3.8, 4) is 0 Å². The number of esters is 1. The molecule has 4 aliphatic rings. The van der Waals surface area contributed by atoms with Crippen molar-refractivity contribution in [3.05, 3.63) is 35.4 Å². The van der Waals surface area contributed by atoms with Crippen LogP contribution in [-0.2, 0) is 9.53 Å². The van der Waals surface area contributed by atoms with E-state index in [1.54, 1.807) is 0 Å². The number of rotatable bonds is 4. The van der Waals surface area contributed by atoms with Gasteiger partial charge in [-0.05, 0) is 61.7 Å². The zero-order valence-electron chi connectivity index (χ0n) is 14.2. The number of aliphatic hydroxyl groups excluding tert-OH is 1. The van der Waals surface area contributed by atoms with Crippen molar-refractivity contribution in [1.82, 2.24) is 4.90 Å². The fraction of sp³-hybridized carbons (Fsp3) is 0.650. The van der Waals surface area contributed by atoms with Crippen molar-refractivity contribution >= 4 is 5.97 Å². The van der Waals surface area contributed by atoms with Crippen LogP contribution in [0.5, 0.6) is 0 Å². The van der Waals surface area contributed by atoms with E-state index in [9.17, 15) is 9.90 Å². The van der Waals surface area contributed by atoms with Crippen LogP contribution in [0.2, 0.25) is 0 Å². The number of piperidine rings is 3. The number of benzene rings is 1. The number of hydrogen-bond acceptors (Lipinski definition) is 4. The van der Waals surface area contributed by atoms with Crippen molar-refractivity contribution in [2.24, 2.45) is 5.92 Å². The van der Waals surface area contributed by atoms with Gasteiger partial charge in [0.25, 0.3) is 0 Å². The molecule has 3 heterocycles. The van der Waals surface area contributed by atoms with Crippen LogP contribution in [-0.4, -0.2) is 41.7 Å². The highest BCUT2D eigenvalue weighted by atomic mass is 16.6. The molecule has 3 saturated heterocycles. The first kappa shape index (κ1) is 16.1. The van der Waals surface area contributed by atoms with Gasteiger partial charge in [0, 0.05) is 6.54 Å². The van der Waals surface area contributed by atoms with Gasteiger partial charge in [-0.3, -0.25) is 4.90 Å². The molecule has 3 aliphatic heterocycles. The van der Waals surface area contributed by atoms with Gasteiger partial charge in [-0.25, -0.2) is 4.79 Å². The molecule has 1 aliphatic carbocycles. The summed E-state index contributed by atoms with van der Waals surface area (Å²) in [7, 11) is 0. The minimum absolute atomic E-state index is 0.0479. The molecule has 24 heavy (non-hydrogen) atoms. The summed E-state index contributed by atoms with van der Waals surface area (Å²) in [5.41, 5.74) is 1.88. The number of carbonyl (C=O) groups is 1. The van der Waals surface area contributed by atoms with E-state index in [-0.39, 0.29) is 6.10 Å². The molecule has 4 fully saturated rings. The summed E-state index contributed by atoms with van der Waals surface area (Å²) in [6, 6.07) is 7.85. The topological polar surface area (TPSA) is 49.8 Å². The molecule has 5 rings (SSSR count). The molecule has 1 aromatic carbocycles. The molecule has 0 aromatic heterocycles. The van der Waals surface area contributed by atoms with Crippen molar-refractivity contribution in [2.75, 3.05) is 19.6 Å². The van der Waals surface area contributed by atoms with Gasteiger partial charge in [-0.2, -0.15) is 0 Å². The minimum atomic E-state index is -1.16. The largest absolute Gasteiger partial charge is 0.459 e. The first-order valence-corrected chi connectivity index (χ1v) is 9.42. The SMILES string of the molecule is O=C(OC1CN2CCC1CC2)C(O)c1ccccc1C1CCCC1. The van der Waals surface area contributed by atoms with Gasteiger partial charge in [-0.15, -0.1) is 0 Å². The van der Waals surface area contributed by atoms with E-state index in [0.717, 1.165) is 56.4 Å². The van der Waals surface area contributed by atoms with E-state index in [1.165, 1.54) is 12.8 Å². The standard InChI is InChI=1S/C20H27NO3/c22-19(17-8-4-3-7-16(17)14-5-1-2-6-14)20(23)24-18-13-21-11-9-15(18)10-12-21/h3-4,7-8,14-15,18-19,22H,1-2,5-6,9-13H2. The lowest BCUT2D eigenvalue weighted by Gasteiger charge is -2.44.